The number of aromatic nitrogens is 2. The highest BCUT2D eigenvalue weighted by Crippen LogP contribution is 2.11. The molecule has 1 heterocycles. The number of nitrogens with zero attached hydrogens (tertiary/aromatic N) is 2. The van der Waals surface area contributed by atoms with E-state index >= 15 is 0 Å². The van der Waals surface area contributed by atoms with E-state index in [-0.39, 0.29) is 11.5 Å². The van der Waals surface area contributed by atoms with Crippen molar-refractivity contribution in [2.24, 2.45) is 0 Å². The van der Waals surface area contributed by atoms with Crippen LogP contribution in [0, 0.1) is 0 Å². The van der Waals surface area contributed by atoms with Gasteiger partial charge in [0, 0.05) is 18.0 Å². The molecule has 0 radical (unpaired) electrons. The molecule has 0 amide bonds. The van der Waals surface area contributed by atoms with Gasteiger partial charge >= 0.3 is 0 Å². The minimum absolute atomic E-state index is 0.0912. The fourth-order valence-corrected chi connectivity index (χ4v) is 2.31. The van der Waals surface area contributed by atoms with Crippen LogP contribution in [0.4, 0.5) is 5.82 Å². The Morgan fingerprint density at radius 3 is 2.52 bits per heavy atom. The molecule has 120 valence electrons. The summed E-state index contributed by atoms with van der Waals surface area (Å²) in [4.78, 5) is 21.3. The molecule has 0 bridgehead atoms. The van der Waals surface area contributed by atoms with Gasteiger partial charge in [-0.2, -0.15) is 0 Å². The zero-order valence-corrected chi connectivity index (χ0v) is 14.1. The van der Waals surface area contributed by atoms with E-state index in [1.807, 2.05) is 13.8 Å². The second kappa shape index (κ2) is 8.82. The lowest BCUT2D eigenvalue weighted by Crippen LogP contribution is -2.26. The maximum atomic E-state index is 11.6. The average Bonchev–Trinajstić information content (AvgIpc) is 2.43. The van der Waals surface area contributed by atoms with Crippen LogP contribution in [0.1, 0.15) is 59.2 Å². The largest absolute Gasteiger partial charge is 0.367 e. The summed E-state index contributed by atoms with van der Waals surface area (Å²) in [5.74, 6) is 1.63. The normalized spacial score (nSPS) is 12.9. The molecule has 0 aliphatic heterocycles. The first-order valence-electron chi connectivity index (χ1n) is 8.06. The molecule has 0 saturated heterocycles. The van der Waals surface area contributed by atoms with E-state index in [9.17, 15) is 4.79 Å². The number of hydrogen-bond donors (Lipinski definition) is 2. The first kappa shape index (κ1) is 17.7. The third-order valence-electron chi connectivity index (χ3n) is 3.71. The van der Waals surface area contributed by atoms with Gasteiger partial charge < -0.3 is 15.2 Å². The van der Waals surface area contributed by atoms with Crippen LogP contribution in [-0.4, -0.2) is 40.5 Å². The Morgan fingerprint density at radius 1 is 1.29 bits per heavy atom. The van der Waals surface area contributed by atoms with Gasteiger partial charge in [-0.3, -0.25) is 4.79 Å². The van der Waals surface area contributed by atoms with Crippen molar-refractivity contribution in [3.8, 4) is 0 Å². The maximum absolute atomic E-state index is 11.6. The van der Waals surface area contributed by atoms with Crippen molar-refractivity contribution in [3.63, 3.8) is 0 Å². The fraction of sp³-hybridized carbons (Fsp3) is 0.750. The van der Waals surface area contributed by atoms with E-state index in [0.29, 0.717) is 11.9 Å². The number of anilines is 1. The lowest BCUT2D eigenvalue weighted by Gasteiger charge is -2.20. The Labute approximate surface area is 128 Å². The van der Waals surface area contributed by atoms with Gasteiger partial charge in [0.2, 0.25) is 0 Å². The predicted octanol–water partition coefficient (Wildman–Crippen LogP) is 2.82. The molecular formula is C16H30N4O. The van der Waals surface area contributed by atoms with Gasteiger partial charge in [-0.05, 0) is 39.4 Å². The molecule has 0 aromatic carbocycles. The summed E-state index contributed by atoms with van der Waals surface area (Å²) in [6, 6.07) is 1.85. The number of aromatic amines is 1. The maximum Gasteiger partial charge on any atom is 0.252 e. The topological polar surface area (TPSA) is 61.0 Å². The Morgan fingerprint density at radius 2 is 1.95 bits per heavy atom. The zero-order chi connectivity index (χ0) is 15.8. The van der Waals surface area contributed by atoms with Crippen molar-refractivity contribution in [3.05, 3.63) is 22.2 Å². The Hall–Kier alpha value is -1.36. The van der Waals surface area contributed by atoms with Crippen molar-refractivity contribution in [2.75, 3.05) is 25.0 Å². The predicted molar refractivity (Wildman–Crippen MR) is 89.1 cm³/mol. The molecule has 0 saturated carbocycles. The van der Waals surface area contributed by atoms with Crippen LogP contribution in [0.2, 0.25) is 0 Å². The van der Waals surface area contributed by atoms with Gasteiger partial charge in [-0.25, -0.2) is 4.98 Å². The van der Waals surface area contributed by atoms with E-state index in [1.54, 1.807) is 0 Å². The van der Waals surface area contributed by atoms with Crippen LogP contribution in [0.3, 0.4) is 0 Å². The summed E-state index contributed by atoms with van der Waals surface area (Å²) in [6.45, 7) is 13.9. The Kier molecular flexibility index (Phi) is 7.43. The van der Waals surface area contributed by atoms with Gasteiger partial charge in [0.25, 0.3) is 5.56 Å². The van der Waals surface area contributed by atoms with E-state index in [2.05, 4.69) is 41.0 Å². The van der Waals surface area contributed by atoms with Gasteiger partial charge in [0.05, 0.1) is 0 Å². The van der Waals surface area contributed by atoms with Gasteiger partial charge in [0.15, 0.2) is 0 Å². The zero-order valence-electron chi connectivity index (χ0n) is 14.1. The molecule has 1 unspecified atom stereocenters. The molecule has 1 atom stereocenters. The number of hydrogen-bond acceptors (Lipinski definition) is 4. The van der Waals surface area contributed by atoms with Crippen molar-refractivity contribution in [1.29, 1.82) is 0 Å². The van der Waals surface area contributed by atoms with Gasteiger partial charge in [-0.1, -0.05) is 27.7 Å². The van der Waals surface area contributed by atoms with Crippen molar-refractivity contribution >= 4 is 5.82 Å². The summed E-state index contributed by atoms with van der Waals surface area (Å²) in [6.07, 6.45) is 2.22. The van der Waals surface area contributed by atoms with Gasteiger partial charge in [0.1, 0.15) is 11.6 Å². The van der Waals surface area contributed by atoms with Crippen LogP contribution in [0.15, 0.2) is 10.9 Å². The molecule has 5 heteroatoms. The first-order valence-corrected chi connectivity index (χ1v) is 8.06. The average molecular weight is 294 g/mol. The standard InChI is InChI=1S/C16H30N4O/c1-6-20(7-2)10-8-9-13(5)17-14-11-15(21)19-16(18-14)12(3)4/h11-13H,6-10H2,1-5H3,(H2,17,18,19,21). The highest BCUT2D eigenvalue weighted by molar-refractivity contribution is 5.34. The summed E-state index contributed by atoms with van der Waals surface area (Å²) >= 11 is 0. The molecule has 21 heavy (non-hydrogen) atoms. The summed E-state index contributed by atoms with van der Waals surface area (Å²) in [5, 5.41) is 3.34. The Balaban J connectivity index is 2.51. The fourth-order valence-electron chi connectivity index (χ4n) is 2.31. The minimum atomic E-state index is -0.0912. The number of H-pyrrole nitrogens is 1. The smallest absolute Gasteiger partial charge is 0.252 e. The van der Waals surface area contributed by atoms with Crippen LogP contribution in [0.25, 0.3) is 0 Å². The molecule has 0 aliphatic carbocycles. The van der Waals surface area contributed by atoms with E-state index in [1.165, 1.54) is 6.07 Å². The van der Waals surface area contributed by atoms with Crippen LogP contribution < -0.4 is 10.9 Å². The summed E-state index contributed by atoms with van der Waals surface area (Å²) in [7, 11) is 0. The van der Waals surface area contributed by atoms with Gasteiger partial charge in [-0.15, -0.1) is 0 Å². The highest BCUT2D eigenvalue weighted by Gasteiger charge is 2.08. The lowest BCUT2D eigenvalue weighted by molar-refractivity contribution is 0.295. The van der Waals surface area contributed by atoms with Crippen LogP contribution >= 0.6 is 0 Å². The van der Waals surface area contributed by atoms with E-state index in [4.69, 9.17) is 0 Å². The quantitative estimate of drug-likeness (QED) is 0.735. The van der Waals surface area contributed by atoms with Crippen LogP contribution in [0.5, 0.6) is 0 Å². The van der Waals surface area contributed by atoms with Crippen LogP contribution in [-0.2, 0) is 0 Å². The monoisotopic (exact) mass is 294 g/mol. The molecule has 1 rings (SSSR count). The van der Waals surface area contributed by atoms with Crippen molar-refractivity contribution < 1.29 is 0 Å². The van der Waals surface area contributed by atoms with Crippen molar-refractivity contribution in [2.45, 2.75) is 59.4 Å². The molecule has 1 aromatic heterocycles. The third kappa shape index (κ3) is 6.29. The molecule has 0 spiro atoms. The molecule has 0 fully saturated rings. The van der Waals surface area contributed by atoms with E-state index < -0.39 is 0 Å². The first-order chi connectivity index (χ1) is 9.96. The molecule has 0 aliphatic rings. The second-order valence-corrected chi connectivity index (χ2v) is 5.89. The summed E-state index contributed by atoms with van der Waals surface area (Å²) < 4.78 is 0. The molecule has 5 nitrogen and oxygen atoms in total. The second-order valence-electron chi connectivity index (χ2n) is 5.89. The lowest BCUT2D eigenvalue weighted by atomic mass is 10.1. The molecule has 1 aromatic rings. The summed E-state index contributed by atoms with van der Waals surface area (Å²) in [5.41, 5.74) is -0.0912. The highest BCUT2D eigenvalue weighted by atomic mass is 16.1. The number of rotatable bonds is 9. The Bertz CT molecular complexity index is 466. The van der Waals surface area contributed by atoms with E-state index in [0.717, 1.165) is 38.3 Å². The molecular weight excluding hydrogens is 264 g/mol. The third-order valence-corrected chi connectivity index (χ3v) is 3.71. The molecule has 2 N–H and O–H groups in total. The SMILES string of the molecule is CCN(CC)CCCC(C)Nc1cc(=O)[nH]c(C(C)C)n1. The number of nitrogens with one attached hydrogen (secondary N) is 2. The minimum Gasteiger partial charge on any atom is -0.367 e. The van der Waals surface area contributed by atoms with Crippen molar-refractivity contribution in [1.82, 2.24) is 14.9 Å².